The molecule has 16 heteroatoms. The predicted molar refractivity (Wildman–Crippen MR) is 175 cm³/mol. The van der Waals surface area contributed by atoms with Crippen LogP contribution in [0.2, 0.25) is 0 Å². The van der Waals surface area contributed by atoms with E-state index < -0.39 is 46.8 Å². The maximum atomic E-state index is 13.1. The Morgan fingerprint density at radius 3 is 1.54 bits per heavy atom. The van der Waals surface area contributed by atoms with Crippen LogP contribution in [0.5, 0.6) is 11.5 Å². The maximum absolute atomic E-state index is 13.1. The molecule has 0 fully saturated rings. The van der Waals surface area contributed by atoms with Crippen LogP contribution < -0.4 is 10.6 Å². The number of amides is 2. The van der Waals surface area contributed by atoms with Crippen molar-refractivity contribution in [3.63, 3.8) is 0 Å². The van der Waals surface area contributed by atoms with Crippen molar-refractivity contribution >= 4 is 82.8 Å². The maximum Gasteiger partial charge on any atom is 0.347 e. The number of carbonyl (C=O) groups excluding carboxylic acids is 2. The van der Waals surface area contributed by atoms with Crippen molar-refractivity contribution in [3.8, 4) is 33.0 Å². The van der Waals surface area contributed by atoms with E-state index in [0.717, 1.165) is 33.4 Å². The first kappa shape index (κ1) is 29.0. The second-order valence-electron chi connectivity index (χ2n) is 10.4. The molecule has 0 aliphatic carbocycles. The summed E-state index contributed by atoms with van der Waals surface area (Å²) in [7, 11) is 0. The number of carboxylic acids is 1. The average Bonchev–Trinajstić information content (AvgIpc) is 3.88. The van der Waals surface area contributed by atoms with Crippen LogP contribution in [0.1, 0.15) is 21.0 Å². The van der Waals surface area contributed by atoms with Gasteiger partial charge in [0, 0.05) is 10.8 Å². The molecule has 8 rings (SSSR count). The number of nitrogens with zero attached hydrogens (tertiary/aromatic N) is 4. The van der Waals surface area contributed by atoms with Crippen molar-refractivity contribution in [1.82, 2.24) is 30.6 Å². The fourth-order valence-corrected chi connectivity index (χ4v) is 6.91. The molecule has 6 heterocycles. The number of benzene rings is 2. The number of aromatic nitrogens is 4. The van der Waals surface area contributed by atoms with Gasteiger partial charge in [-0.1, -0.05) is 36.4 Å². The number of thiazole rings is 2. The van der Waals surface area contributed by atoms with Crippen molar-refractivity contribution in [1.29, 1.82) is 0 Å². The summed E-state index contributed by atoms with van der Waals surface area (Å²) in [5.41, 5.74) is 0.894. The van der Waals surface area contributed by atoms with E-state index in [4.69, 9.17) is 8.83 Å². The zero-order valence-electron chi connectivity index (χ0n) is 24.0. The molecular formula is C32H18N6O8S2. The number of aliphatic carboxylic acids is 1. The van der Waals surface area contributed by atoms with E-state index in [9.17, 15) is 29.7 Å². The third kappa shape index (κ3) is 4.91. The van der Waals surface area contributed by atoms with Crippen LogP contribution in [-0.2, 0) is 4.79 Å². The Balaban J connectivity index is 1.03. The molecule has 2 aromatic carbocycles. The second kappa shape index (κ2) is 11.1. The molecule has 8 aromatic rings. The molecular weight excluding hydrogens is 661 g/mol. The summed E-state index contributed by atoms with van der Waals surface area (Å²) in [6.07, 6.45) is 0.526. The lowest BCUT2D eigenvalue weighted by Gasteiger charge is -2.16. The number of carbonyl (C=O) groups is 3. The molecule has 6 aromatic heterocycles. The molecule has 236 valence electrons. The molecule has 14 nitrogen and oxygen atoms in total. The minimum Gasteiger partial charge on any atom is -0.504 e. The molecule has 2 amide bonds. The first-order valence-corrected chi connectivity index (χ1v) is 15.7. The minimum absolute atomic E-state index is 0.218. The topological polar surface area (TPSA) is 214 Å². The highest BCUT2D eigenvalue weighted by Crippen LogP contribution is 2.39. The largest absolute Gasteiger partial charge is 0.504 e. The van der Waals surface area contributed by atoms with Crippen LogP contribution in [0.25, 0.3) is 63.9 Å². The van der Waals surface area contributed by atoms with Gasteiger partial charge in [-0.2, -0.15) is 0 Å². The predicted octanol–water partition coefficient (Wildman–Crippen LogP) is 5.50. The number of para-hydroxylation sites is 2. The Kier molecular flexibility index (Phi) is 6.74. The highest BCUT2D eigenvalue weighted by molar-refractivity contribution is 7.22. The van der Waals surface area contributed by atoms with Crippen molar-refractivity contribution in [2.45, 2.75) is 6.17 Å². The Hall–Kier alpha value is -6.39. The molecule has 0 saturated heterocycles. The summed E-state index contributed by atoms with van der Waals surface area (Å²) in [5.74, 6) is -3.97. The van der Waals surface area contributed by atoms with Gasteiger partial charge in [0.1, 0.15) is 31.6 Å². The number of aromatic hydroxyl groups is 2. The third-order valence-electron chi connectivity index (χ3n) is 7.32. The van der Waals surface area contributed by atoms with Crippen LogP contribution in [0, 0.1) is 0 Å². The Morgan fingerprint density at radius 1 is 0.688 bits per heavy atom. The van der Waals surface area contributed by atoms with Crippen LogP contribution in [0.15, 0.2) is 81.9 Å². The number of rotatable bonds is 7. The summed E-state index contributed by atoms with van der Waals surface area (Å²) in [6.45, 7) is 0. The van der Waals surface area contributed by atoms with Crippen molar-refractivity contribution in [3.05, 3.63) is 84.4 Å². The Bertz CT molecular complexity index is 2370. The first-order valence-electron chi connectivity index (χ1n) is 14.0. The molecule has 0 aliphatic heterocycles. The van der Waals surface area contributed by atoms with E-state index >= 15 is 0 Å². The number of hydrogen-bond acceptors (Lipinski definition) is 13. The van der Waals surface area contributed by atoms with Gasteiger partial charge >= 0.3 is 5.97 Å². The highest BCUT2D eigenvalue weighted by atomic mass is 32.1. The van der Waals surface area contributed by atoms with Crippen molar-refractivity contribution in [2.75, 3.05) is 0 Å². The molecule has 48 heavy (non-hydrogen) atoms. The van der Waals surface area contributed by atoms with Gasteiger partial charge in [-0.3, -0.25) is 9.59 Å². The lowest BCUT2D eigenvalue weighted by Crippen LogP contribution is -2.53. The van der Waals surface area contributed by atoms with Crippen molar-refractivity contribution in [2.24, 2.45) is 0 Å². The molecule has 0 atom stereocenters. The number of nitrogens with one attached hydrogen (secondary N) is 2. The Labute approximate surface area is 275 Å². The molecule has 0 unspecified atom stereocenters. The SMILES string of the molecule is O=C(NC(NC(=O)c1ncc2nc(-c3cc4ccccc4o3)sc2c1O)C(=O)O)c1ncc2nc(-c3cc4ccccc4o3)sc2c1O. The summed E-state index contributed by atoms with van der Waals surface area (Å²) in [4.78, 5) is 55.1. The summed E-state index contributed by atoms with van der Waals surface area (Å²) < 4.78 is 12.1. The number of furan rings is 2. The zero-order chi connectivity index (χ0) is 33.1. The van der Waals surface area contributed by atoms with E-state index in [1.165, 1.54) is 12.4 Å². The van der Waals surface area contributed by atoms with Gasteiger partial charge in [-0.25, -0.2) is 24.7 Å². The van der Waals surface area contributed by atoms with Crippen molar-refractivity contribution < 1.29 is 38.5 Å². The Morgan fingerprint density at radius 2 is 1.12 bits per heavy atom. The fourth-order valence-electron chi connectivity index (χ4n) is 5.04. The number of carboxylic acid groups (broad SMARTS) is 1. The smallest absolute Gasteiger partial charge is 0.347 e. The normalized spacial score (nSPS) is 11.6. The fraction of sp³-hybridized carbons (Fsp3) is 0.0312. The average molecular weight is 679 g/mol. The monoisotopic (exact) mass is 678 g/mol. The lowest BCUT2D eigenvalue weighted by molar-refractivity contribution is -0.139. The minimum atomic E-state index is -1.99. The third-order valence-corrected chi connectivity index (χ3v) is 9.50. The van der Waals surface area contributed by atoms with E-state index in [1.54, 1.807) is 24.3 Å². The van der Waals surface area contributed by atoms with Gasteiger partial charge in [0.2, 0.25) is 6.17 Å². The molecule has 0 saturated carbocycles. The van der Waals surface area contributed by atoms with Gasteiger partial charge in [0.25, 0.3) is 11.8 Å². The van der Waals surface area contributed by atoms with Crippen LogP contribution in [0.4, 0.5) is 0 Å². The standard InChI is InChI=1S/C32H18N6O8S2/c39-23-21(33-11-15-25(23)47-30(35-15)19-9-13-5-1-3-7-17(13)45-19)28(41)37-27(32(43)44)38-29(42)22-24(40)26-16(12-34-22)36-31(48-26)20-10-14-6-2-4-8-18(14)46-20/h1-12,27,39-40H,(H,37,41)(H,38,42)(H,43,44). The molecule has 0 bridgehead atoms. The highest BCUT2D eigenvalue weighted by Gasteiger charge is 2.29. The van der Waals surface area contributed by atoms with Gasteiger partial charge in [-0.15, -0.1) is 22.7 Å². The number of fused-ring (bicyclic) bond motifs is 4. The molecule has 0 spiro atoms. The summed E-state index contributed by atoms with van der Waals surface area (Å²) >= 11 is 2.11. The van der Waals surface area contributed by atoms with E-state index in [1.807, 2.05) is 36.4 Å². The van der Waals surface area contributed by atoms with Crippen LogP contribution in [0.3, 0.4) is 0 Å². The van der Waals surface area contributed by atoms with Gasteiger partial charge in [0.05, 0.1) is 12.4 Å². The van der Waals surface area contributed by atoms with Gasteiger partial charge < -0.3 is 34.8 Å². The number of hydrogen-bond donors (Lipinski definition) is 5. The van der Waals surface area contributed by atoms with Crippen LogP contribution in [-0.4, -0.2) is 59.2 Å². The van der Waals surface area contributed by atoms with Gasteiger partial charge in [0.15, 0.2) is 44.4 Å². The van der Waals surface area contributed by atoms with Gasteiger partial charge in [-0.05, 0) is 24.3 Å². The summed E-state index contributed by atoms with van der Waals surface area (Å²) in [6, 6.07) is 18.4. The van der Waals surface area contributed by atoms with E-state index in [2.05, 4.69) is 30.6 Å². The molecule has 0 radical (unpaired) electrons. The van der Waals surface area contributed by atoms with E-state index in [-0.39, 0.29) is 20.4 Å². The molecule has 0 aliphatic rings. The second-order valence-corrected chi connectivity index (χ2v) is 12.4. The summed E-state index contributed by atoms with van der Waals surface area (Å²) in [5, 5.41) is 38.5. The first-order chi connectivity index (χ1) is 23.2. The quantitative estimate of drug-likeness (QED) is 0.132. The molecule has 5 N–H and O–H groups in total. The zero-order valence-corrected chi connectivity index (χ0v) is 25.6. The number of pyridine rings is 2. The van der Waals surface area contributed by atoms with E-state index in [0.29, 0.717) is 32.7 Å². The van der Waals surface area contributed by atoms with Crippen LogP contribution >= 0.6 is 22.7 Å². The lowest BCUT2D eigenvalue weighted by atomic mass is 10.2.